The van der Waals surface area contributed by atoms with Crippen LogP contribution >= 0.6 is 0 Å². The molecule has 24 heavy (non-hydrogen) atoms. The van der Waals surface area contributed by atoms with Gasteiger partial charge in [-0.1, -0.05) is 54.6 Å². The van der Waals surface area contributed by atoms with Gasteiger partial charge in [0, 0.05) is 5.56 Å². The van der Waals surface area contributed by atoms with Crippen LogP contribution in [-0.4, -0.2) is 28.7 Å². The first kappa shape index (κ1) is 15.4. The summed E-state index contributed by atoms with van der Waals surface area (Å²) in [5, 5.41) is 6.58. The van der Waals surface area contributed by atoms with Gasteiger partial charge in [0.25, 0.3) is 0 Å². The van der Waals surface area contributed by atoms with E-state index in [0.29, 0.717) is 5.56 Å². The second-order valence-electron chi connectivity index (χ2n) is 4.94. The molecule has 120 valence electrons. The van der Waals surface area contributed by atoms with Crippen LogP contribution in [0.2, 0.25) is 0 Å². The van der Waals surface area contributed by atoms with Crippen molar-refractivity contribution in [1.82, 2.24) is 10.3 Å². The molecular formula is C17H13N3O4. The maximum Gasteiger partial charge on any atom is 0.365 e. The first-order valence-corrected chi connectivity index (χ1v) is 7.09. The second-order valence-corrected chi connectivity index (χ2v) is 4.94. The fourth-order valence-corrected chi connectivity index (χ4v) is 2.10. The van der Waals surface area contributed by atoms with Crippen LogP contribution in [0.1, 0.15) is 20.8 Å². The Bertz CT molecular complexity index is 857. The molecule has 0 aliphatic heterocycles. The first-order valence-electron chi connectivity index (χ1n) is 7.09. The number of ketones is 1. The van der Waals surface area contributed by atoms with Crippen LogP contribution in [0.15, 0.2) is 59.2 Å². The largest absolute Gasteiger partial charge is 0.452 e. The Labute approximate surface area is 137 Å². The highest BCUT2D eigenvalue weighted by atomic mass is 16.6. The molecule has 0 aliphatic carbocycles. The Morgan fingerprint density at radius 2 is 1.62 bits per heavy atom. The number of anilines is 1. The average molecular weight is 323 g/mol. The van der Waals surface area contributed by atoms with Crippen molar-refractivity contribution in [2.45, 2.75) is 0 Å². The minimum absolute atomic E-state index is 0.181. The Morgan fingerprint density at radius 1 is 0.958 bits per heavy atom. The van der Waals surface area contributed by atoms with Crippen LogP contribution in [0.4, 0.5) is 5.82 Å². The van der Waals surface area contributed by atoms with Gasteiger partial charge in [0.1, 0.15) is 0 Å². The van der Waals surface area contributed by atoms with Crippen LogP contribution in [-0.2, 0) is 4.74 Å². The molecule has 2 N–H and O–H groups in total. The van der Waals surface area contributed by atoms with E-state index in [1.165, 1.54) is 0 Å². The molecule has 3 rings (SSSR count). The first-order chi connectivity index (χ1) is 11.6. The third-order valence-corrected chi connectivity index (χ3v) is 3.36. The molecule has 0 aliphatic rings. The van der Waals surface area contributed by atoms with Gasteiger partial charge in [-0.05, 0) is 21.4 Å². The van der Waals surface area contributed by atoms with Gasteiger partial charge >= 0.3 is 5.97 Å². The SMILES string of the molecule is Nc1nonc1C(=O)OCC(=O)c1ccc(-c2ccccc2)cc1. The minimum atomic E-state index is -0.858. The fraction of sp³-hybridized carbons (Fsp3) is 0.0588. The van der Waals surface area contributed by atoms with E-state index in [0.717, 1.165) is 11.1 Å². The summed E-state index contributed by atoms with van der Waals surface area (Å²) >= 11 is 0. The zero-order valence-electron chi connectivity index (χ0n) is 12.5. The summed E-state index contributed by atoms with van der Waals surface area (Å²) in [5.74, 6) is -1.37. The molecule has 0 bridgehead atoms. The zero-order chi connectivity index (χ0) is 16.9. The third-order valence-electron chi connectivity index (χ3n) is 3.36. The number of ether oxygens (including phenoxy) is 1. The summed E-state index contributed by atoms with van der Waals surface area (Å²) in [7, 11) is 0. The number of hydrogen-bond acceptors (Lipinski definition) is 7. The smallest absolute Gasteiger partial charge is 0.365 e. The molecule has 0 saturated heterocycles. The fourth-order valence-electron chi connectivity index (χ4n) is 2.10. The number of aromatic nitrogens is 2. The maximum absolute atomic E-state index is 12.1. The second kappa shape index (κ2) is 6.74. The molecule has 0 atom stereocenters. The topological polar surface area (TPSA) is 108 Å². The number of carbonyl (C=O) groups is 2. The molecule has 7 nitrogen and oxygen atoms in total. The van der Waals surface area contributed by atoms with E-state index in [1.54, 1.807) is 12.1 Å². The number of nitrogens with two attached hydrogens (primary N) is 1. The number of nitrogens with zero attached hydrogens (tertiary/aromatic N) is 2. The Hall–Kier alpha value is -3.48. The molecule has 0 radical (unpaired) electrons. The van der Waals surface area contributed by atoms with Gasteiger partial charge in [0.05, 0.1) is 0 Å². The lowest BCUT2D eigenvalue weighted by atomic mass is 10.0. The Morgan fingerprint density at radius 3 is 2.25 bits per heavy atom. The molecule has 0 amide bonds. The summed E-state index contributed by atoms with van der Waals surface area (Å²) in [5.41, 5.74) is 7.61. The van der Waals surface area contributed by atoms with Crippen LogP contribution in [0.5, 0.6) is 0 Å². The molecule has 3 aromatic rings. The molecule has 1 aromatic heterocycles. The standard InChI is InChI=1S/C17H13N3O4/c18-16-15(19-24-20-16)17(22)23-10-14(21)13-8-6-12(7-9-13)11-4-2-1-3-5-11/h1-9H,10H2,(H2,18,20). The van der Waals surface area contributed by atoms with E-state index in [9.17, 15) is 9.59 Å². The summed E-state index contributed by atoms with van der Waals surface area (Å²) < 4.78 is 9.17. The molecule has 1 heterocycles. The van der Waals surface area contributed by atoms with Crippen molar-refractivity contribution in [3.63, 3.8) is 0 Å². The predicted octanol–water partition coefficient (Wildman–Crippen LogP) is 2.36. The average Bonchev–Trinajstić information content (AvgIpc) is 3.06. The van der Waals surface area contributed by atoms with Gasteiger partial charge in [-0.25, -0.2) is 9.42 Å². The van der Waals surface area contributed by atoms with Crippen LogP contribution in [0.25, 0.3) is 11.1 Å². The summed E-state index contributed by atoms with van der Waals surface area (Å²) in [6.45, 7) is -0.421. The van der Waals surface area contributed by atoms with E-state index in [1.807, 2.05) is 42.5 Å². The molecule has 0 saturated carbocycles. The number of Topliss-reactive ketones (excluding diaryl/α,β-unsaturated/α-hetero) is 1. The molecular weight excluding hydrogens is 310 g/mol. The van der Waals surface area contributed by atoms with Crippen molar-refractivity contribution in [2.24, 2.45) is 0 Å². The summed E-state index contributed by atoms with van der Waals surface area (Å²) in [4.78, 5) is 23.8. The number of hydrogen-bond donors (Lipinski definition) is 1. The Balaban J connectivity index is 1.63. The predicted molar refractivity (Wildman–Crippen MR) is 85.2 cm³/mol. The zero-order valence-corrected chi connectivity index (χ0v) is 12.5. The number of benzene rings is 2. The van der Waals surface area contributed by atoms with Crippen LogP contribution in [0, 0.1) is 0 Å². The van der Waals surface area contributed by atoms with Gasteiger partial charge in [-0.2, -0.15) is 0 Å². The van der Waals surface area contributed by atoms with Crippen LogP contribution < -0.4 is 5.73 Å². The van der Waals surface area contributed by atoms with E-state index in [4.69, 9.17) is 10.5 Å². The molecule has 0 fully saturated rings. The lowest BCUT2D eigenvalue weighted by Gasteiger charge is -2.05. The van der Waals surface area contributed by atoms with Gasteiger partial charge in [0.2, 0.25) is 11.5 Å². The minimum Gasteiger partial charge on any atom is -0.452 e. The lowest BCUT2D eigenvalue weighted by molar-refractivity contribution is 0.0465. The van der Waals surface area contributed by atoms with Crippen molar-refractivity contribution in [3.05, 3.63) is 65.9 Å². The molecule has 0 unspecified atom stereocenters. The van der Waals surface area contributed by atoms with E-state index >= 15 is 0 Å². The molecule has 7 heteroatoms. The van der Waals surface area contributed by atoms with Gasteiger partial charge in [0.15, 0.2) is 12.4 Å². The molecule has 0 spiro atoms. The third kappa shape index (κ3) is 3.30. The van der Waals surface area contributed by atoms with Crippen molar-refractivity contribution in [1.29, 1.82) is 0 Å². The van der Waals surface area contributed by atoms with Crippen molar-refractivity contribution < 1.29 is 19.0 Å². The normalized spacial score (nSPS) is 10.3. The number of rotatable bonds is 5. The van der Waals surface area contributed by atoms with E-state index < -0.39 is 12.6 Å². The highest BCUT2D eigenvalue weighted by molar-refractivity contribution is 6.00. The van der Waals surface area contributed by atoms with Crippen LogP contribution in [0.3, 0.4) is 0 Å². The number of esters is 1. The highest BCUT2D eigenvalue weighted by Crippen LogP contribution is 2.19. The maximum atomic E-state index is 12.1. The highest BCUT2D eigenvalue weighted by Gasteiger charge is 2.19. The lowest BCUT2D eigenvalue weighted by Crippen LogP contribution is -2.15. The van der Waals surface area contributed by atoms with E-state index in [-0.39, 0.29) is 17.3 Å². The number of carbonyl (C=O) groups excluding carboxylic acids is 2. The van der Waals surface area contributed by atoms with Gasteiger partial charge in [-0.15, -0.1) is 0 Å². The summed E-state index contributed by atoms with van der Waals surface area (Å²) in [6.07, 6.45) is 0. The van der Waals surface area contributed by atoms with Crippen molar-refractivity contribution >= 4 is 17.6 Å². The van der Waals surface area contributed by atoms with Crippen molar-refractivity contribution in [3.8, 4) is 11.1 Å². The van der Waals surface area contributed by atoms with Gasteiger partial charge < -0.3 is 10.5 Å². The quantitative estimate of drug-likeness (QED) is 0.567. The summed E-state index contributed by atoms with van der Waals surface area (Å²) in [6, 6.07) is 16.8. The molecule has 2 aromatic carbocycles. The Kier molecular flexibility index (Phi) is 4.33. The van der Waals surface area contributed by atoms with E-state index in [2.05, 4.69) is 14.9 Å². The van der Waals surface area contributed by atoms with Gasteiger partial charge in [-0.3, -0.25) is 4.79 Å². The van der Waals surface area contributed by atoms with Crippen molar-refractivity contribution in [2.75, 3.05) is 12.3 Å². The monoisotopic (exact) mass is 323 g/mol. The number of nitrogen functional groups attached to an aromatic ring is 1.